The summed E-state index contributed by atoms with van der Waals surface area (Å²) in [7, 11) is 0. The number of hydrogen-bond donors (Lipinski definition) is 1. The summed E-state index contributed by atoms with van der Waals surface area (Å²) >= 11 is 0. The van der Waals surface area contributed by atoms with Crippen molar-refractivity contribution >= 4 is 11.7 Å². The van der Waals surface area contributed by atoms with Gasteiger partial charge in [0.1, 0.15) is 6.04 Å². The lowest BCUT2D eigenvalue weighted by Gasteiger charge is -2.28. The minimum atomic E-state index is -0.358. The summed E-state index contributed by atoms with van der Waals surface area (Å²) in [5.74, 6) is 1.13. The van der Waals surface area contributed by atoms with Gasteiger partial charge < -0.3 is 15.4 Å². The van der Waals surface area contributed by atoms with Gasteiger partial charge in [0.05, 0.1) is 19.0 Å². The Labute approximate surface area is 108 Å². The third-order valence-corrected chi connectivity index (χ3v) is 3.80. The summed E-state index contributed by atoms with van der Waals surface area (Å²) in [5.41, 5.74) is 6.00. The number of amides is 1. The van der Waals surface area contributed by atoms with Crippen molar-refractivity contribution in [3.05, 3.63) is 0 Å². The highest BCUT2D eigenvalue weighted by Crippen LogP contribution is 2.24. The Kier molecular flexibility index (Phi) is 4.58. The van der Waals surface area contributed by atoms with Gasteiger partial charge in [-0.05, 0) is 19.8 Å². The van der Waals surface area contributed by atoms with Crippen LogP contribution in [0.25, 0.3) is 0 Å². The second-order valence-electron chi connectivity index (χ2n) is 5.15. The van der Waals surface area contributed by atoms with E-state index < -0.39 is 0 Å². The van der Waals surface area contributed by atoms with E-state index in [4.69, 9.17) is 10.5 Å². The lowest BCUT2D eigenvalue weighted by molar-refractivity contribution is -0.136. The molecular weight excluding hydrogens is 230 g/mol. The number of nitrogens with zero attached hydrogens (tertiary/aromatic N) is 2. The Hall–Kier alpha value is -1.10. The van der Waals surface area contributed by atoms with Crippen molar-refractivity contribution in [2.45, 2.75) is 38.6 Å². The lowest BCUT2D eigenvalue weighted by Crippen LogP contribution is -2.45. The lowest BCUT2D eigenvalue weighted by atomic mass is 10.1. The normalized spacial score (nSPS) is 24.3. The van der Waals surface area contributed by atoms with E-state index in [0.29, 0.717) is 38.1 Å². The van der Waals surface area contributed by atoms with Gasteiger partial charge >= 0.3 is 0 Å². The average Bonchev–Trinajstić information content (AvgIpc) is 2.92. The maximum absolute atomic E-state index is 12.2. The Morgan fingerprint density at radius 1 is 1.33 bits per heavy atom. The Balaban J connectivity index is 1.90. The van der Waals surface area contributed by atoms with Gasteiger partial charge in [-0.2, -0.15) is 0 Å². The van der Waals surface area contributed by atoms with Gasteiger partial charge in [-0.3, -0.25) is 9.79 Å². The molecule has 1 aliphatic carbocycles. The van der Waals surface area contributed by atoms with E-state index in [2.05, 4.69) is 4.99 Å². The summed E-state index contributed by atoms with van der Waals surface area (Å²) in [4.78, 5) is 18.4. The quantitative estimate of drug-likeness (QED) is 0.597. The zero-order chi connectivity index (χ0) is 13.0. The molecule has 1 aliphatic heterocycles. The van der Waals surface area contributed by atoms with Crippen molar-refractivity contribution in [1.82, 2.24) is 4.90 Å². The molecule has 2 rings (SSSR count). The van der Waals surface area contributed by atoms with Crippen LogP contribution >= 0.6 is 0 Å². The van der Waals surface area contributed by atoms with Crippen LogP contribution in [0.15, 0.2) is 4.99 Å². The molecule has 2 fully saturated rings. The first-order valence-electron chi connectivity index (χ1n) is 6.88. The maximum Gasteiger partial charge on any atom is 0.247 e. The molecule has 5 nitrogen and oxygen atoms in total. The molecule has 0 aromatic heterocycles. The number of carbonyl (C=O) groups excluding carboxylic acids is 1. The standard InChI is InChI=1S/C13H23N3O2/c1-10(13(17)16-6-8-18-9-7-16)15-12(14)11-4-2-3-5-11/h10-11H,2-9H2,1H3,(H2,14,15). The van der Waals surface area contributed by atoms with Crippen LogP contribution in [0.4, 0.5) is 0 Å². The molecule has 1 amide bonds. The van der Waals surface area contributed by atoms with Crippen LogP contribution in [0.3, 0.4) is 0 Å². The fourth-order valence-corrected chi connectivity index (χ4v) is 2.65. The van der Waals surface area contributed by atoms with Crippen LogP contribution in [0.1, 0.15) is 32.6 Å². The summed E-state index contributed by atoms with van der Waals surface area (Å²) in [6.45, 7) is 4.42. The highest BCUT2D eigenvalue weighted by atomic mass is 16.5. The number of ether oxygens (including phenoxy) is 1. The van der Waals surface area contributed by atoms with Crippen molar-refractivity contribution in [3.8, 4) is 0 Å². The first-order valence-corrected chi connectivity index (χ1v) is 6.88. The zero-order valence-corrected chi connectivity index (χ0v) is 11.1. The van der Waals surface area contributed by atoms with Crippen LogP contribution in [-0.4, -0.2) is 49.0 Å². The number of rotatable bonds is 3. The van der Waals surface area contributed by atoms with E-state index in [-0.39, 0.29) is 11.9 Å². The first-order chi connectivity index (χ1) is 8.68. The third kappa shape index (κ3) is 3.22. The van der Waals surface area contributed by atoms with Gasteiger partial charge in [-0.15, -0.1) is 0 Å². The molecule has 0 bridgehead atoms. The SMILES string of the molecule is CC(N=C(N)C1CCCC1)C(=O)N1CCOCC1. The predicted molar refractivity (Wildman–Crippen MR) is 70.4 cm³/mol. The van der Waals surface area contributed by atoms with E-state index >= 15 is 0 Å². The fraction of sp³-hybridized carbons (Fsp3) is 0.846. The van der Waals surface area contributed by atoms with Crippen LogP contribution in [0, 0.1) is 5.92 Å². The summed E-state index contributed by atoms with van der Waals surface area (Å²) in [5, 5.41) is 0. The molecule has 1 heterocycles. The Morgan fingerprint density at radius 2 is 1.94 bits per heavy atom. The number of hydrogen-bond acceptors (Lipinski definition) is 3. The zero-order valence-electron chi connectivity index (χ0n) is 11.1. The topological polar surface area (TPSA) is 67.9 Å². The largest absolute Gasteiger partial charge is 0.387 e. The van der Waals surface area contributed by atoms with Gasteiger partial charge in [-0.1, -0.05) is 12.8 Å². The molecule has 102 valence electrons. The molecule has 2 aliphatic rings. The van der Waals surface area contributed by atoms with Gasteiger partial charge in [0.15, 0.2) is 0 Å². The maximum atomic E-state index is 12.2. The molecule has 0 aromatic rings. The molecule has 0 spiro atoms. The van der Waals surface area contributed by atoms with Gasteiger partial charge in [0.25, 0.3) is 0 Å². The number of aliphatic imine (C=N–C) groups is 1. The van der Waals surface area contributed by atoms with Crippen LogP contribution in [0.2, 0.25) is 0 Å². The predicted octanol–water partition coefficient (Wildman–Crippen LogP) is 0.781. The number of carbonyl (C=O) groups is 1. The molecule has 1 unspecified atom stereocenters. The molecule has 5 heteroatoms. The van der Waals surface area contributed by atoms with Crippen molar-refractivity contribution in [2.75, 3.05) is 26.3 Å². The number of nitrogens with two attached hydrogens (primary N) is 1. The minimum Gasteiger partial charge on any atom is -0.387 e. The molecule has 0 radical (unpaired) electrons. The van der Waals surface area contributed by atoms with Crippen molar-refractivity contribution in [2.24, 2.45) is 16.6 Å². The van der Waals surface area contributed by atoms with Gasteiger partial charge in [-0.25, -0.2) is 0 Å². The molecule has 1 saturated carbocycles. The molecular formula is C13H23N3O2. The van der Waals surface area contributed by atoms with Crippen LogP contribution in [-0.2, 0) is 9.53 Å². The van der Waals surface area contributed by atoms with Gasteiger partial charge in [0, 0.05) is 19.0 Å². The van der Waals surface area contributed by atoms with Gasteiger partial charge in [0.2, 0.25) is 5.91 Å². The van der Waals surface area contributed by atoms with Crippen LogP contribution < -0.4 is 5.73 Å². The van der Waals surface area contributed by atoms with Crippen molar-refractivity contribution in [1.29, 1.82) is 0 Å². The first kappa shape index (κ1) is 13.3. The number of morpholine rings is 1. The average molecular weight is 253 g/mol. The summed E-state index contributed by atoms with van der Waals surface area (Å²) < 4.78 is 5.24. The Morgan fingerprint density at radius 3 is 2.56 bits per heavy atom. The second kappa shape index (κ2) is 6.18. The fourth-order valence-electron chi connectivity index (χ4n) is 2.65. The molecule has 1 atom stereocenters. The summed E-state index contributed by atoms with van der Waals surface area (Å²) in [6, 6.07) is -0.358. The Bertz CT molecular complexity index is 318. The highest BCUT2D eigenvalue weighted by molar-refractivity contribution is 5.88. The third-order valence-electron chi connectivity index (χ3n) is 3.80. The van der Waals surface area contributed by atoms with Crippen molar-refractivity contribution < 1.29 is 9.53 Å². The van der Waals surface area contributed by atoms with Crippen LogP contribution in [0.5, 0.6) is 0 Å². The monoisotopic (exact) mass is 253 g/mol. The van der Waals surface area contributed by atoms with E-state index in [1.807, 2.05) is 11.8 Å². The van der Waals surface area contributed by atoms with E-state index in [1.54, 1.807) is 0 Å². The highest BCUT2D eigenvalue weighted by Gasteiger charge is 2.24. The molecule has 0 aromatic carbocycles. The van der Waals surface area contributed by atoms with E-state index in [0.717, 1.165) is 12.8 Å². The number of amidine groups is 1. The van der Waals surface area contributed by atoms with E-state index in [9.17, 15) is 4.79 Å². The smallest absolute Gasteiger partial charge is 0.247 e. The molecule has 1 saturated heterocycles. The second-order valence-corrected chi connectivity index (χ2v) is 5.15. The summed E-state index contributed by atoms with van der Waals surface area (Å²) in [6.07, 6.45) is 4.70. The minimum absolute atomic E-state index is 0.0687. The van der Waals surface area contributed by atoms with Crippen molar-refractivity contribution in [3.63, 3.8) is 0 Å². The molecule has 2 N–H and O–H groups in total. The van der Waals surface area contributed by atoms with E-state index in [1.165, 1.54) is 12.8 Å². The molecule has 18 heavy (non-hydrogen) atoms.